The van der Waals surface area contributed by atoms with Crippen LogP contribution >= 0.6 is 0 Å². The van der Waals surface area contributed by atoms with Crippen LogP contribution in [-0.2, 0) is 0 Å². The summed E-state index contributed by atoms with van der Waals surface area (Å²) in [7, 11) is 0. The van der Waals surface area contributed by atoms with E-state index >= 15 is 0 Å². The van der Waals surface area contributed by atoms with E-state index in [0.29, 0.717) is 0 Å². The highest BCUT2D eigenvalue weighted by Gasteiger charge is 2.02. The van der Waals surface area contributed by atoms with Crippen LogP contribution in [0.5, 0.6) is 0 Å². The Kier molecular flexibility index (Phi) is 7.08. The second-order valence-corrected chi connectivity index (χ2v) is 7.53. The van der Waals surface area contributed by atoms with Gasteiger partial charge in [0.05, 0.1) is 0 Å². The third-order valence-corrected chi connectivity index (χ3v) is 5.10. The molecule has 0 aromatic heterocycles. The zero-order valence-electron chi connectivity index (χ0n) is 17.3. The molecular formula is C27H31N. The summed E-state index contributed by atoms with van der Waals surface area (Å²) in [6.07, 6.45) is 15.9. The van der Waals surface area contributed by atoms with Crippen LogP contribution in [0.2, 0.25) is 0 Å². The van der Waals surface area contributed by atoms with Crippen molar-refractivity contribution < 1.29 is 0 Å². The number of hydrogen-bond donors (Lipinski definition) is 1. The van der Waals surface area contributed by atoms with Gasteiger partial charge in [0.1, 0.15) is 0 Å². The van der Waals surface area contributed by atoms with Gasteiger partial charge in [-0.25, -0.2) is 0 Å². The maximum absolute atomic E-state index is 3.50. The molecule has 1 nitrogen and oxygen atoms in total. The van der Waals surface area contributed by atoms with Gasteiger partial charge in [-0.3, -0.25) is 0 Å². The van der Waals surface area contributed by atoms with Crippen LogP contribution in [0, 0.1) is 0 Å². The fraction of sp³-hybridized carbons (Fsp3) is 0.259. The number of benzene rings is 2. The van der Waals surface area contributed by atoms with Crippen LogP contribution in [0.4, 0.5) is 11.4 Å². The first-order valence-electron chi connectivity index (χ1n) is 10.3. The van der Waals surface area contributed by atoms with Gasteiger partial charge in [-0.2, -0.15) is 0 Å². The number of allylic oxidation sites excluding steroid dienone is 8. The molecule has 1 N–H and O–H groups in total. The molecule has 0 amide bonds. The SMILES string of the molecule is CCC/C(C)=C\C=C(/C)c1ccc(Nc2ccc(C3=CCCC=C3)cc2)cc1. The largest absolute Gasteiger partial charge is 0.356 e. The maximum atomic E-state index is 3.50. The van der Waals surface area contributed by atoms with Crippen LogP contribution in [0.1, 0.15) is 57.6 Å². The summed E-state index contributed by atoms with van der Waals surface area (Å²) in [6.45, 7) is 6.59. The second-order valence-electron chi connectivity index (χ2n) is 7.53. The van der Waals surface area contributed by atoms with Crippen molar-refractivity contribution in [1.82, 2.24) is 0 Å². The lowest BCUT2D eigenvalue weighted by molar-refractivity contribution is 0.906. The molecule has 2 aromatic carbocycles. The monoisotopic (exact) mass is 369 g/mol. The summed E-state index contributed by atoms with van der Waals surface area (Å²) in [5.74, 6) is 0. The van der Waals surface area contributed by atoms with E-state index in [1.54, 1.807) is 0 Å². The third kappa shape index (κ3) is 5.60. The average molecular weight is 370 g/mol. The molecule has 0 fully saturated rings. The van der Waals surface area contributed by atoms with Gasteiger partial charge in [0.25, 0.3) is 0 Å². The fourth-order valence-electron chi connectivity index (χ4n) is 3.40. The van der Waals surface area contributed by atoms with E-state index in [4.69, 9.17) is 0 Å². The van der Waals surface area contributed by atoms with E-state index in [2.05, 4.69) is 105 Å². The fourth-order valence-corrected chi connectivity index (χ4v) is 3.40. The molecular weight excluding hydrogens is 338 g/mol. The molecule has 0 unspecified atom stereocenters. The molecule has 28 heavy (non-hydrogen) atoms. The van der Waals surface area contributed by atoms with Crippen molar-refractivity contribution in [2.24, 2.45) is 0 Å². The van der Waals surface area contributed by atoms with Gasteiger partial charge in [-0.15, -0.1) is 0 Å². The molecule has 0 heterocycles. The standard InChI is InChI=1S/C27H31N/c1-4-8-21(2)11-12-22(3)23-13-17-26(18-14-23)28-27-19-15-25(16-20-27)24-9-6-5-7-10-24/h6,9-20,28H,4-5,7-8H2,1-3H3/b21-11-,22-12+. The van der Waals surface area contributed by atoms with Crippen LogP contribution < -0.4 is 5.32 Å². The molecule has 1 aliphatic carbocycles. The molecule has 0 radical (unpaired) electrons. The summed E-state index contributed by atoms with van der Waals surface area (Å²) in [5.41, 5.74) is 8.82. The molecule has 0 atom stereocenters. The first kappa shape index (κ1) is 19.9. The first-order valence-corrected chi connectivity index (χ1v) is 10.3. The molecule has 0 saturated carbocycles. The first-order chi connectivity index (χ1) is 13.7. The average Bonchev–Trinajstić information content (AvgIpc) is 2.74. The van der Waals surface area contributed by atoms with Crippen molar-refractivity contribution in [2.75, 3.05) is 5.32 Å². The summed E-state index contributed by atoms with van der Waals surface area (Å²) in [5, 5.41) is 3.50. The van der Waals surface area contributed by atoms with Crippen molar-refractivity contribution >= 4 is 22.5 Å². The number of hydrogen-bond acceptors (Lipinski definition) is 1. The normalized spacial score (nSPS) is 14.8. The molecule has 1 aliphatic rings. The van der Waals surface area contributed by atoms with E-state index in [9.17, 15) is 0 Å². The van der Waals surface area contributed by atoms with Crippen LogP contribution in [0.25, 0.3) is 11.1 Å². The predicted octanol–water partition coefficient (Wildman–Crippen LogP) is 8.31. The molecule has 144 valence electrons. The van der Waals surface area contributed by atoms with Gasteiger partial charge in [0, 0.05) is 11.4 Å². The zero-order chi connectivity index (χ0) is 19.8. The lowest BCUT2D eigenvalue weighted by atomic mass is 9.99. The summed E-state index contributed by atoms with van der Waals surface area (Å²) >= 11 is 0. The highest BCUT2D eigenvalue weighted by atomic mass is 14.9. The minimum absolute atomic E-state index is 1.11. The van der Waals surface area contributed by atoms with Crippen LogP contribution in [0.3, 0.4) is 0 Å². The highest BCUT2D eigenvalue weighted by Crippen LogP contribution is 2.25. The van der Waals surface area contributed by atoms with E-state index in [0.717, 1.165) is 24.2 Å². The van der Waals surface area contributed by atoms with Crippen LogP contribution in [0.15, 0.2) is 84.5 Å². The smallest absolute Gasteiger partial charge is 0.0384 e. The van der Waals surface area contributed by atoms with Crippen molar-refractivity contribution in [1.29, 1.82) is 0 Å². The Balaban J connectivity index is 1.64. The lowest BCUT2D eigenvalue weighted by Crippen LogP contribution is -1.92. The summed E-state index contributed by atoms with van der Waals surface area (Å²) < 4.78 is 0. The van der Waals surface area contributed by atoms with Gasteiger partial charge >= 0.3 is 0 Å². The Labute approximate surface area is 170 Å². The summed E-state index contributed by atoms with van der Waals surface area (Å²) in [4.78, 5) is 0. The molecule has 0 saturated heterocycles. The minimum atomic E-state index is 1.11. The molecule has 0 spiro atoms. The van der Waals surface area contributed by atoms with Crippen molar-refractivity contribution in [2.45, 2.75) is 46.5 Å². The topological polar surface area (TPSA) is 12.0 Å². The molecule has 3 rings (SSSR count). The van der Waals surface area contributed by atoms with Crippen molar-refractivity contribution in [3.05, 3.63) is 95.6 Å². The van der Waals surface area contributed by atoms with Crippen molar-refractivity contribution in [3.63, 3.8) is 0 Å². The lowest BCUT2D eigenvalue weighted by Gasteiger charge is -2.10. The Bertz CT molecular complexity index is 890. The minimum Gasteiger partial charge on any atom is -0.356 e. The molecule has 1 heteroatoms. The van der Waals surface area contributed by atoms with Gasteiger partial charge in [-0.1, -0.05) is 73.6 Å². The van der Waals surface area contributed by atoms with Gasteiger partial charge < -0.3 is 5.32 Å². The Morgan fingerprint density at radius 1 is 0.893 bits per heavy atom. The third-order valence-electron chi connectivity index (χ3n) is 5.10. The van der Waals surface area contributed by atoms with Gasteiger partial charge in [0.2, 0.25) is 0 Å². The van der Waals surface area contributed by atoms with Crippen molar-refractivity contribution in [3.8, 4) is 0 Å². The van der Waals surface area contributed by atoms with E-state index in [-0.39, 0.29) is 0 Å². The van der Waals surface area contributed by atoms with E-state index in [1.807, 2.05) is 0 Å². The number of nitrogens with one attached hydrogen (secondary N) is 1. The number of anilines is 2. The molecule has 2 aromatic rings. The predicted molar refractivity (Wildman–Crippen MR) is 125 cm³/mol. The Morgan fingerprint density at radius 2 is 1.57 bits per heavy atom. The maximum Gasteiger partial charge on any atom is 0.0384 e. The van der Waals surface area contributed by atoms with E-state index < -0.39 is 0 Å². The Morgan fingerprint density at radius 3 is 2.18 bits per heavy atom. The zero-order valence-corrected chi connectivity index (χ0v) is 17.3. The highest BCUT2D eigenvalue weighted by molar-refractivity contribution is 5.76. The molecule has 0 bridgehead atoms. The van der Waals surface area contributed by atoms with Gasteiger partial charge in [-0.05, 0) is 79.6 Å². The van der Waals surface area contributed by atoms with Gasteiger partial charge in [0.15, 0.2) is 0 Å². The van der Waals surface area contributed by atoms with E-state index in [1.165, 1.54) is 40.7 Å². The number of rotatable bonds is 7. The Hall–Kier alpha value is -2.80. The summed E-state index contributed by atoms with van der Waals surface area (Å²) in [6, 6.07) is 17.3. The quantitative estimate of drug-likeness (QED) is 0.484. The van der Waals surface area contributed by atoms with Crippen LogP contribution in [-0.4, -0.2) is 0 Å². The molecule has 0 aliphatic heterocycles. The second kappa shape index (κ2) is 9.94.